The SMILES string of the molecule is CCN1CCC(N(C)C(=O)c2cc(F)cc(F)c2)CC1. The molecule has 20 heavy (non-hydrogen) atoms. The summed E-state index contributed by atoms with van der Waals surface area (Å²) in [5.41, 5.74) is 0.0721. The standard InChI is InChI=1S/C15H20F2N2O/c1-3-19-6-4-14(5-7-19)18(2)15(20)11-8-12(16)10-13(17)9-11/h8-10,14H,3-7H2,1-2H3. The first-order chi connectivity index (χ1) is 9.51. The van der Waals surface area contributed by atoms with Crippen LogP contribution in [0, 0.1) is 11.6 Å². The van der Waals surface area contributed by atoms with E-state index in [9.17, 15) is 13.6 Å². The molecule has 1 saturated heterocycles. The zero-order chi connectivity index (χ0) is 14.7. The normalized spacial score (nSPS) is 17.2. The van der Waals surface area contributed by atoms with E-state index in [0.29, 0.717) is 0 Å². The van der Waals surface area contributed by atoms with Crippen molar-refractivity contribution in [2.45, 2.75) is 25.8 Å². The summed E-state index contributed by atoms with van der Waals surface area (Å²) in [5.74, 6) is -1.76. The van der Waals surface area contributed by atoms with Gasteiger partial charge in [-0.05, 0) is 31.5 Å². The topological polar surface area (TPSA) is 23.6 Å². The van der Waals surface area contributed by atoms with Gasteiger partial charge in [-0.25, -0.2) is 8.78 Å². The van der Waals surface area contributed by atoms with E-state index >= 15 is 0 Å². The molecule has 110 valence electrons. The molecular formula is C15H20F2N2O. The Morgan fingerprint density at radius 3 is 2.30 bits per heavy atom. The maximum Gasteiger partial charge on any atom is 0.254 e. The molecule has 0 N–H and O–H groups in total. The molecule has 0 unspecified atom stereocenters. The summed E-state index contributed by atoms with van der Waals surface area (Å²) in [6, 6.07) is 3.08. The second kappa shape index (κ2) is 6.31. The quantitative estimate of drug-likeness (QED) is 0.850. The van der Waals surface area contributed by atoms with E-state index < -0.39 is 11.6 Å². The Kier molecular flexibility index (Phi) is 4.70. The number of hydrogen-bond acceptors (Lipinski definition) is 2. The molecular weight excluding hydrogens is 262 g/mol. The van der Waals surface area contributed by atoms with Gasteiger partial charge >= 0.3 is 0 Å². The number of carbonyl (C=O) groups is 1. The van der Waals surface area contributed by atoms with E-state index in [1.54, 1.807) is 11.9 Å². The maximum atomic E-state index is 13.2. The van der Waals surface area contributed by atoms with Crippen LogP contribution in [-0.4, -0.2) is 48.4 Å². The first kappa shape index (κ1) is 14.9. The molecule has 2 rings (SSSR count). The Balaban J connectivity index is 2.05. The number of benzene rings is 1. The number of likely N-dealkylation sites (tertiary alicyclic amines) is 1. The van der Waals surface area contributed by atoms with Crippen molar-refractivity contribution in [2.75, 3.05) is 26.7 Å². The fourth-order valence-electron chi connectivity index (χ4n) is 2.67. The van der Waals surface area contributed by atoms with E-state index in [1.807, 2.05) is 0 Å². The summed E-state index contributed by atoms with van der Waals surface area (Å²) in [7, 11) is 1.71. The lowest BCUT2D eigenvalue weighted by Crippen LogP contribution is -2.45. The highest BCUT2D eigenvalue weighted by Crippen LogP contribution is 2.18. The third-order valence-electron chi connectivity index (χ3n) is 3.98. The van der Waals surface area contributed by atoms with E-state index in [2.05, 4.69) is 11.8 Å². The molecule has 5 heteroatoms. The molecule has 1 aromatic carbocycles. The summed E-state index contributed by atoms with van der Waals surface area (Å²) in [5, 5.41) is 0. The van der Waals surface area contributed by atoms with Crippen LogP contribution >= 0.6 is 0 Å². The van der Waals surface area contributed by atoms with Gasteiger partial charge in [0.25, 0.3) is 5.91 Å². The molecule has 1 heterocycles. The zero-order valence-corrected chi connectivity index (χ0v) is 11.9. The van der Waals surface area contributed by atoms with Crippen LogP contribution in [0.25, 0.3) is 0 Å². The second-order valence-corrected chi connectivity index (χ2v) is 5.24. The molecule has 0 bridgehead atoms. The third kappa shape index (κ3) is 3.33. The van der Waals surface area contributed by atoms with Crippen LogP contribution in [0.5, 0.6) is 0 Å². The first-order valence-electron chi connectivity index (χ1n) is 6.97. The van der Waals surface area contributed by atoms with Crippen LogP contribution in [0.15, 0.2) is 18.2 Å². The molecule has 1 fully saturated rings. The number of piperidine rings is 1. The molecule has 1 aromatic rings. The van der Waals surface area contributed by atoms with Gasteiger partial charge in [0.1, 0.15) is 11.6 Å². The Morgan fingerprint density at radius 1 is 1.25 bits per heavy atom. The summed E-state index contributed by atoms with van der Waals surface area (Å²) in [4.78, 5) is 16.2. The van der Waals surface area contributed by atoms with Crippen LogP contribution in [0.3, 0.4) is 0 Å². The third-order valence-corrected chi connectivity index (χ3v) is 3.98. The summed E-state index contributed by atoms with van der Waals surface area (Å²) >= 11 is 0. The molecule has 0 radical (unpaired) electrons. The predicted octanol–water partition coefficient (Wildman–Crippen LogP) is 2.52. The van der Waals surface area contributed by atoms with E-state index in [0.717, 1.165) is 50.7 Å². The Hall–Kier alpha value is -1.49. The maximum absolute atomic E-state index is 13.2. The van der Waals surface area contributed by atoms with Gasteiger partial charge in [0.05, 0.1) is 0 Å². The minimum Gasteiger partial charge on any atom is -0.339 e. The number of amides is 1. The second-order valence-electron chi connectivity index (χ2n) is 5.24. The number of halogens is 2. The summed E-state index contributed by atoms with van der Waals surface area (Å²) < 4.78 is 26.3. The van der Waals surface area contributed by atoms with Crippen LogP contribution < -0.4 is 0 Å². The average Bonchev–Trinajstić information content (AvgIpc) is 2.45. The van der Waals surface area contributed by atoms with Gasteiger partial charge < -0.3 is 9.80 Å². The van der Waals surface area contributed by atoms with Gasteiger partial charge in [-0.1, -0.05) is 6.92 Å². The minimum absolute atomic E-state index is 0.0721. The monoisotopic (exact) mass is 282 g/mol. The van der Waals surface area contributed by atoms with Crippen LogP contribution in [0.4, 0.5) is 8.78 Å². The summed E-state index contributed by atoms with van der Waals surface area (Å²) in [6.45, 7) is 5.04. The molecule has 0 aliphatic carbocycles. The highest BCUT2D eigenvalue weighted by Gasteiger charge is 2.25. The fraction of sp³-hybridized carbons (Fsp3) is 0.533. The number of rotatable bonds is 3. The van der Waals surface area contributed by atoms with Gasteiger partial charge in [-0.3, -0.25) is 4.79 Å². The predicted molar refractivity (Wildman–Crippen MR) is 73.6 cm³/mol. The van der Waals surface area contributed by atoms with Crippen molar-refractivity contribution in [1.82, 2.24) is 9.80 Å². The lowest BCUT2D eigenvalue weighted by molar-refractivity contribution is 0.0646. The van der Waals surface area contributed by atoms with Crippen molar-refractivity contribution < 1.29 is 13.6 Å². The lowest BCUT2D eigenvalue weighted by atomic mass is 10.0. The van der Waals surface area contributed by atoms with Gasteiger partial charge in [-0.15, -0.1) is 0 Å². The van der Waals surface area contributed by atoms with Gasteiger partial charge in [-0.2, -0.15) is 0 Å². The molecule has 1 aliphatic rings. The van der Waals surface area contributed by atoms with Gasteiger partial charge in [0.15, 0.2) is 0 Å². The van der Waals surface area contributed by atoms with Crippen molar-refractivity contribution >= 4 is 5.91 Å². The first-order valence-corrected chi connectivity index (χ1v) is 6.97. The minimum atomic E-state index is -0.720. The highest BCUT2D eigenvalue weighted by atomic mass is 19.1. The van der Waals surface area contributed by atoms with Crippen molar-refractivity contribution in [3.63, 3.8) is 0 Å². The van der Waals surface area contributed by atoms with Crippen LogP contribution in [0.2, 0.25) is 0 Å². The van der Waals surface area contributed by atoms with Crippen LogP contribution in [0.1, 0.15) is 30.1 Å². The van der Waals surface area contributed by atoms with Crippen molar-refractivity contribution in [2.24, 2.45) is 0 Å². The smallest absolute Gasteiger partial charge is 0.254 e. The Morgan fingerprint density at radius 2 is 1.80 bits per heavy atom. The highest BCUT2D eigenvalue weighted by molar-refractivity contribution is 5.94. The molecule has 1 aliphatic heterocycles. The molecule has 0 saturated carbocycles. The number of carbonyl (C=O) groups excluding carboxylic acids is 1. The molecule has 1 amide bonds. The zero-order valence-electron chi connectivity index (χ0n) is 11.9. The van der Waals surface area contributed by atoms with E-state index in [-0.39, 0.29) is 17.5 Å². The van der Waals surface area contributed by atoms with E-state index in [1.165, 1.54) is 0 Å². The van der Waals surface area contributed by atoms with Crippen molar-refractivity contribution in [1.29, 1.82) is 0 Å². The van der Waals surface area contributed by atoms with Crippen LogP contribution in [-0.2, 0) is 0 Å². The average molecular weight is 282 g/mol. The van der Waals surface area contributed by atoms with E-state index in [4.69, 9.17) is 0 Å². The Labute approximate surface area is 118 Å². The number of hydrogen-bond donors (Lipinski definition) is 0. The summed E-state index contributed by atoms with van der Waals surface area (Å²) in [6.07, 6.45) is 1.79. The lowest BCUT2D eigenvalue weighted by Gasteiger charge is -2.36. The van der Waals surface area contributed by atoms with Crippen molar-refractivity contribution in [3.8, 4) is 0 Å². The Bertz CT molecular complexity index is 465. The largest absolute Gasteiger partial charge is 0.339 e. The molecule has 0 aromatic heterocycles. The van der Waals surface area contributed by atoms with Crippen molar-refractivity contribution in [3.05, 3.63) is 35.4 Å². The molecule has 3 nitrogen and oxygen atoms in total. The van der Waals surface area contributed by atoms with Gasteiger partial charge in [0.2, 0.25) is 0 Å². The molecule has 0 spiro atoms. The fourth-order valence-corrected chi connectivity index (χ4v) is 2.67. The van der Waals surface area contributed by atoms with Gasteiger partial charge in [0, 0.05) is 37.8 Å². The molecule has 0 atom stereocenters. The number of nitrogens with zero attached hydrogens (tertiary/aromatic N) is 2.